The molecule has 0 saturated heterocycles. The Bertz CT molecular complexity index is 515. The highest BCUT2D eigenvalue weighted by molar-refractivity contribution is 9.10. The highest BCUT2D eigenvalue weighted by Gasteiger charge is 2.28. The van der Waals surface area contributed by atoms with Crippen LogP contribution in [0.5, 0.6) is 0 Å². The predicted octanol–water partition coefficient (Wildman–Crippen LogP) is 3.88. The van der Waals surface area contributed by atoms with Gasteiger partial charge in [0.05, 0.1) is 0 Å². The van der Waals surface area contributed by atoms with E-state index in [0.717, 1.165) is 30.2 Å². The Kier molecular flexibility index (Phi) is 7.80. The zero-order valence-electron chi connectivity index (χ0n) is 12.7. The third-order valence-electron chi connectivity index (χ3n) is 4.13. The van der Waals surface area contributed by atoms with E-state index in [0.29, 0.717) is 18.7 Å². The minimum Gasteiger partial charge on any atom is -0.338 e. The molecule has 0 aromatic heterocycles. The van der Waals surface area contributed by atoms with Gasteiger partial charge in [-0.05, 0) is 44.4 Å². The zero-order valence-corrected chi connectivity index (χ0v) is 15.1. The SMILES string of the molecule is CCN(Cc1cc(Br)ccc1F)C(=O)C1CCCC(N)C1.Cl. The lowest BCUT2D eigenvalue weighted by Gasteiger charge is -2.31. The van der Waals surface area contributed by atoms with Crippen molar-refractivity contribution in [1.82, 2.24) is 4.90 Å². The molecule has 1 aliphatic rings. The van der Waals surface area contributed by atoms with E-state index in [4.69, 9.17) is 5.73 Å². The van der Waals surface area contributed by atoms with Crippen molar-refractivity contribution >= 4 is 34.2 Å². The molecule has 0 aliphatic heterocycles. The summed E-state index contributed by atoms with van der Waals surface area (Å²) in [6.45, 7) is 2.82. The van der Waals surface area contributed by atoms with Crippen molar-refractivity contribution in [2.24, 2.45) is 11.7 Å². The van der Waals surface area contributed by atoms with Crippen molar-refractivity contribution < 1.29 is 9.18 Å². The predicted molar refractivity (Wildman–Crippen MR) is 92.4 cm³/mol. The van der Waals surface area contributed by atoms with Gasteiger partial charge in [0.1, 0.15) is 5.82 Å². The second-order valence-corrected chi connectivity index (χ2v) is 6.63. The number of benzene rings is 1. The lowest BCUT2D eigenvalue weighted by molar-refractivity contribution is -0.137. The molecule has 1 amide bonds. The second-order valence-electron chi connectivity index (χ2n) is 5.71. The monoisotopic (exact) mass is 392 g/mol. The summed E-state index contributed by atoms with van der Waals surface area (Å²) in [6.07, 6.45) is 3.64. The van der Waals surface area contributed by atoms with Gasteiger partial charge in [-0.25, -0.2) is 4.39 Å². The summed E-state index contributed by atoms with van der Waals surface area (Å²) < 4.78 is 14.7. The normalized spacial score (nSPS) is 21.1. The number of carbonyl (C=O) groups is 1. The molecule has 2 rings (SSSR count). The molecule has 0 radical (unpaired) electrons. The van der Waals surface area contributed by atoms with Gasteiger partial charge in [0, 0.05) is 35.1 Å². The van der Waals surface area contributed by atoms with Crippen molar-refractivity contribution in [3.8, 4) is 0 Å². The molecule has 2 atom stereocenters. The first-order valence-electron chi connectivity index (χ1n) is 7.49. The van der Waals surface area contributed by atoms with Gasteiger partial charge in [-0.15, -0.1) is 12.4 Å². The number of hydrogen-bond acceptors (Lipinski definition) is 2. The first-order valence-corrected chi connectivity index (χ1v) is 8.28. The third-order valence-corrected chi connectivity index (χ3v) is 4.62. The van der Waals surface area contributed by atoms with Gasteiger partial charge < -0.3 is 10.6 Å². The number of halogens is 3. The molecule has 2 N–H and O–H groups in total. The van der Waals surface area contributed by atoms with Crippen LogP contribution in [0.1, 0.15) is 38.2 Å². The van der Waals surface area contributed by atoms with Gasteiger partial charge in [-0.2, -0.15) is 0 Å². The van der Waals surface area contributed by atoms with Crippen LogP contribution in [0.4, 0.5) is 4.39 Å². The van der Waals surface area contributed by atoms with Crippen LogP contribution >= 0.6 is 28.3 Å². The topological polar surface area (TPSA) is 46.3 Å². The van der Waals surface area contributed by atoms with Crippen LogP contribution in [0.25, 0.3) is 0 Å². The quantitative estimate of drug-likeness (QED) is 0.844. The van der Waals surface area contributed by atoms with Gasteiger partial charge in [-0.1, -0.05) is 22.4 Å². The van der Waals surface area contributed by atoms with Gasteiger partial charge >= 0.3 is 0 Å². The molecule has 124 valence electrons. The van der Waals surface area contributed by atoms with E-state index in [1.165, 1.54) is 6.07 Å². The molecule has 6 heteroatoms. The number of nitrogens with two attached hydrogens (primary N) is 1. The fraction of sp³-hybridized carbons (Fsp3) is 0.562. The Labute approximate surface area is 146 Å². The standard InChI is InChI=1S/C16H22BrFN2O.ClH/c1-2-20(10-12-8-13(17)6-7-15(12)18)16(21)11-4-3-5-14(19)9-11;/h6-8,11,14H,2-5,9-10,19H2,1H3;1H. The van der Waals surface area contributed by atoms with Crippen molar-refractivity contribution in [3.63, 3.8) is 0 Å². The Morgan fingerprint density at radius 3 is 2.82 bits per heavy atom. The number of rotatable bonds is 4. The summed E-state index contributed by atoms with van der Waals surface area (Å²) >= 11 is 3.34. The molecule has 1 aromatic rings. The molecule has 1 saturated carbocycles. The van der Waals surface area contributed by atoms with Crippen LogP contribution in [-0.2, 0) is 11.3 Å². The first kappa shape index (κ1) is 19.4. The number of hydrogen-bond donors (Lipinski definition) is 1. The van der Waals surface area contributed by atoms with E-state index < -0.39 is 0 Å². The van der Waals surface area contributed by atoms with Gasteiger partial charge in [0.25, 0.3) is 0 Å². The number of amides is 1. The first-order chi connectivity index (χ1) is 10.0. The third kappa shape index (κ3) is 4.93. The molecule has 1 aliphatic carbocycles. The fourth-order valence-electron chi connectivity index (χ4n) is 2.93. The summed E-state index contributed by atoms with van der Waals surface area (Å²) in [5, 5.41) is 0. The molecule has 0 spiro atoms. The van der Waals surface area contributed by atoms with E-state index in [1.807, 2.05) is 6.92 Å². The van der Waals surface area contributed by atoms with Crippen LogP contribution in [0.15, 0.2) is 22.7 Å². The maximum atomic E-state index is 13.9. The molecular weight excluding hydrogens is 371 g/mol. The number of nitrogens with zero attached hydrogens (tertiary/aromatic N) is 1. The van der Waals surface area contributed by atoms with Crippen LogP contribution in [0.2, 0.25) is 0 Å². The van der Waals surface area contributed by atoms with Crippen LogP contribution < -0.4 is 5.73 Å². The van der Waals surface area contributed by atoms with Crippen LogP contribution in [-0.4, -0.2) is 23.4 Å². The van der Waals surface area contributed by atoms with E-state index in [1.54, 1.807) is 17.0 Å². The maximum Gasteiger partial charge on any atom is 0.226 e. The number of carbonyl (C=O) groups excluding carboxylic acids is 1. The fourth-order valence-corrected chi connectivity index (χ4v) is 3.33. The summed E-state index contributed by atoms with van der Waals surface area (Å²) in [4.78, 5) is 14.3. The molecule has 2 unspecified atom stereocenters. The van der Waals surface area contributed by atoms with Gasteiger partial charge in [0.2, 0.25) is 5.91 Å². The largest absolute Gasteiger partial charge is 0.338 e. The average molecular weight is 394 g/mol. The van der Waals surface area contributed by atoms with E-state index in [9.17, 15) is 9.18 Å². The molecule has 0 bridgehead atoms. The second kappa shape index (κ2) is 8.85. The van der Waals surface area contributed by atoms with E-state index >= 15 is 0 Å². The lowest BCUT2D eigenvalue weighted by Crippen LogP contribution is -2.40. The highest BCUT2D eigenvalue weighted by atomic mass is 79.9. The minimum atomic E-state index is -0.273. The van der Waals surface area contributed by atoms with E-state index in [-0.39, 0.29) is 36.1 Å². The Balaban J connectivity index is 0.00000242. The zero-order chi connectivity index (χ0) is 15.4. The summed E-state index contributed by atoms with van der Waals surface area (Å²) in [6, 6.07) is 4.94. The Morgan fingerprint density at radius 1 is 1.45 bits per heavy atom. The van der Waals surface area contributed by atoms with Crippen molar-refractivity contribution in [2.75, 3.05) is 6.54 Å². The van der Waals surface area contributed by atoms with Crippen molar-refractivity contribution in [1.29, 1.82) is 0 Å². The summed E-state index contributed by atoms with van der Waals surface area (Å²) in [5.41, 5.74) is 6.51. The van der Waals surface area contributed by atoms with Crippen molar-refractivity contribution in [2.45, 2.75) is 45.2 Å². The molecule has 1 fully saturated rings. The van der Waals surface area contributed by atoms with E-state index in [2.05, 4.69) is 15.9 Å². The molecule has 3 nitrogen and oxygen atoms in total. The maximum absolute atomic E-state index is 13.9. The molecule has 0 heterocycles. The minimum absolute atomic E-state index is 0. The van der Waals surface area contributed by atoms with Gasteiger partial charge in [0.15, 0.2) is 0 Å². The summed E-state index contributed by atoms with van der Waals surface area (Å²) in [5.74, 6) is -0.180. The molecular formula is C16H23BrClFN2O. The summed E-state index contributed by atoms with van der Waals surface area (Å²) in [7, 11) is 0. The van der Waals surface area contributed by atoms with Crippen LogP contribution in [0.3, 0.4) is 0 Å². The Hall–Kier alpha value is -0.650. The Morgan fingerprint density at radius 2 is 2.18 bits per heavy atom. The molecule has 1 aromatic carbocycles. The average Bonchev–Trinajstić information content (AvgIpc) is 2.47. The van der Waals surface area contributed by atoms with Crippen molar-refractivity contribution in [3.05, 3.63) is 34.1 Å². The molecule has 22 heavy (non-hydrogen) atoms. The van der Waals surface area contributed by atoms with Crippen LogP contribution in [0, 0.1) is 11.7 Å². The smallest absolute Gasteiger partial charge is 0.226 e. The lowest BCUT2D eigenvalue weighted by atomic mass is 9.85. The highest BCUT2D eigenvalue weighted by Crippen LogP contribution is 2.26. The van der Waals surface area contributed by atoms with Gasteiger partial charge in [-0.3, -0.25) is 4.79 Å².